The Morgan fingerprint density at radius 2 is 1.74 bits per heavy atom. The summed E-state index contributed by atoms with van der Waals surface area (Å²) < 4.78 is 39.2. The van der Waals surface area contributed by atoms with Crippen LogP contribution in [-0.2, 0) is 20.6 Å². The predicted octanol–water partition coefficient (Wildman–Crippen LogP) is 4.06. The number of rotatable bonds is 8. The summed E-state index contributed by atoms with van der Waals surface area (Å²) >= 11 is 0. The van der Waals surface area contributed by atoms with E-state index in [1.165, 1.54) is 4.31 Å². The van der Waals surface area contributed by atoms with E-state index in [2.05, 4.69) is 5.32 Å². The Labute approximate surface area is 200 Å². The Kier molecular flexibility index (Phi) is 7.07. The maximum Gasteiger partial charge on any atom is 0.263 e. The Morgan fingerprint density at radius 1 is 1.06 bits per heavy atom. The number of hydrogen-bond acceptors (Lipinski definition) is 5. The first-order valence-electron chi connectivity index (χ1n) is 11.2. The molecule has 0 fully saturated rings. The first kappa shape index (κ1) is 23.6. The molecule has 2 unspecified atom stereocenters. The fraction of sp³-hybridized carbons (Fsp3) is 0.269. The van der Waals surface area contributed by atoms with Crippen LogP contribution in [0.15, 0.2) is 78.9 Å². The lowest BCUT2D eigenvalue weighted by Crippen LogP contribution is -2.51. The molecule has 1 aliphatic heterocycles. The molecular formula is C26H28N2O5S. The summed E-state index contributed by atoms with van der Waals surface area (Å²) in [7, 11) is -2.15. The van der Waals surface area contributed by atoms with Crippen LogP contribution in [0, 0.1) is 0 Å². The van der Waals surface area contributed by atoms with Gasteiger partial charge >= 0.3 is 0 Å². The zero-order valence-electron chi connectivity index (χ0n) is 19.2. The minimum atomic E-state index is -3.75. The molecule has 8 heteroatoms. The summed E-state index contributed by atoms with van der Waals surface area (Å²) in [6.07, 6.45) is -0.315. The summed E-state index contributed by atoms with van der Waals surface area (Å²) in [6.45, 7) is 1.87. The molecule has 34 heavy (non-hydrogen) atoms. The van der Waals surface area contributed by atoms with Crippen molar-refractivity contribution in [1.82, 2.24) is 5.32 Å². The highest BCUT2D eigenvalue weighted by Gasteiger charge is 2.37. The highest BCUT2D eigenvalue weighted by atomic mass is 32.2. The molecule has 0 aliphatic carbocycles. The van der Waals surface area contributed by atoms with E-state index < -0.39 is 16.1 Å². The topological polar surface area (TPSA) is 84.9 Å². The zero-order valence-corrected chi connectivity index (χ0v) is 20.0. The molecule has 3 aromatic rings. The van der Waals surface area contributed by atoms with E-state index in [4.69, 9.17) is 9.47 Å². The van der Waals surface area contributed by atoms with Crippen molar-refractivity contribution in [2.75, 3.05) is 18.0 Å². The number of anilines is 1. The number of amides is 1. The lowest BCUT2D eigenvalue weighted by Gasteiger charge is -2.35. The van der Waals surface area contributed by atoms with E-state index >= 15 is 0 Å². The number of nitrogens with zero attached hydrogens (tertiary/aromatic N) is 1. The molecule has 0 saturated carbocycles. The Bertz CT molecular complexity index is 1230. The summed E-state index contributed by atoms with van der Waals surface area (Å²) in [5, 5.41) is 3.02. The van der Waals surface area contributed by atoms with E-state index in [9.17, 15) is 13.2 Å². The molecule has 1 heterocycles. The van der Waals surface area contributed by atoms with E-state index in [-0.39, 0.29) is 24.2 Å². The smallest absolute Gasteiger partial charge is 0.263 e. The molecule has 0 radical (unpaired) electrons. The van der Waals surface area contributed by atoms with Crippen molar-refractivity contribution in [3.8, 4) is 11.5 Å². The average molecular weight is 481 g/mol. The number of methoxy groups -OCH3 is 1. The molecular weight excluding hydrogens is 452 g/mol. The third kappa shape index (κ3) is 5.17. The highest BCUT2D eigenvalue weighted by molar-refractivity contribution is 7.92. The van der Waals surface area contributed by atoms with Crippen LogP contribution in [-0.4, -0.2) is 34.1 Å². The lowest BCUT2D eigenvalue weighted by atomic mass is 10.0. The van der Waals surface area contributed by atoms with Gasteiger partial charge < -0.3 is 14.8 Å². The molecule has 1 N–H and O–H groups in total. The van der Waals surface area contributed by atoms with Crippen molar-refractivity contribution in [3.63, 3.8) is 0 Å². The average Bonchev–Trinajstić information content (AvgIpc) is 2.86. The largest absolute Gasteiger partial charge is 0.497 e. The number of carbonyl (C=O) groups excluding carboxylic acids is 1. The van der Waals surface area contributed by atoms with Crippen LogP contribution in [0.3, 0.4) is 0 Å². The van der Waals surface area contributed by atoms with Gasteiger partial charge in [0.2, 0.25) is 10.0 Å². The van der Waals surface area contributed by atoms with Crippen LogP contribution in [0.4, 0.5) is 5.69 Å². The third-order valence-electron chi connectivity index (χ3n) is 5.80. The lowest BCUT2D eigenvalue weighted by molar-refractivity contribution is -0.128. The van der Waals surface area contributed by atoms with Crippen molar-refractivity contribution < 1.29 is 22.7 Å². The van der Waals surface area contributed by atoms with Gasteiger partial charge in [0.05, 0.1) is 31.1 Å². The molecule has 0 bridgehead atoms. The number of fused-ring (bicyclic) bond motifs is 1. The minimum absolute atomic E-state index is 0.100. The molecule has 7 nitrogen and oxygen atoms in total. The van der Waals surface area contributed by atoms with Gasteiger partial charge in [-0.2, -0.15) is 0 Å². The summed E-state index contributed by atoms with van der Waals surface area (Å²) in [4.78, 5) is 13.2. The van der Waals surface area contributed by atoms with E-state index in [1.54, 1.807) is 55.6 Å². The second kappa shape index (κ2) is 10.2. The Balaban J connectivity index is 1.56. The second-order valence-corrected chi connectivity index (χ2v) is 9.98. The van der Waals surface area contributed by atoms with Crippen LogP contribution in [0.1, 0.15) is 30.5 Å². The maximum atomic E-state index is 13.4. The van der Waals surface area contributed by atoms with Gasteiger partial charge in [0.1, 0.15) is 11.5 Å². The Morgan fingerprint density at radius 3 is 2.41 bits per heavy atom. The normalized spacial score (nSPS) is 16.2. The van der Waals surface area contributed by atoms with Gasteiger partial charge in [0.15, 0.2) is 6.10 Å². The van der Waals surface area contributed by atoms with Crippen molar-refractivity contribution >= 4 is 21.6 Å². The fourth-order valence-electron chi connectivity index (χ4n) is 3.99. The van der Waals surface area contributed by atoms with Gasteiger partial charge in [-0.25, -0.2) is 8.42 Å². The summed E-state index contributed by atoms with van der Waals surface area (Å²) in [5.41, 5.74) is 2.05. The second-order valence-electron chi connectivity index (χ2n) is 8.09. The van der Waals surface area contributed by atoms with Gasteiger partial charge in [0.25, 0.3) is 5.91 Å². The molecule has 0 aromatic heterocycles. The van der Waals surface area contributed by atoms with E-state index in [0.717, 1.165) is 11.3 Å². The first-order valence-corrected chi connectivity index (χ1v) is 12.8. The van der Waals surface area contributed by atoms with Gasteiger partial charge in [0, 0.05) is 0 Å². The van der Waals surface area contributed by atoms with Crippen molar-refractivity contribution in [3.05, 3.63) is 90.0 Å². The van der Waals surface area contributed by atoms with Crippen LogP contribution >= 0.6 is 0 Å². The number of ether oxygens (including phenoxy) is 2. The number of para-hydroxylation sites is 2. The molecule has 2 atom stereocenters. The van der Waals surface area contributed by atoms with Crippen LogP contribution in [0.2, 0.25) is 0 Å². The molecule has 0 spiro atoms. The number of nitrogens with one attached hydrogen (secondary N) is 1. The molecule has 3 aromatic carbocycles. The van der Waals surface area contributed by atoms with E-state index in [0.29, 0.717) is 23.4 Å². The van der Waals surface area contributed by atoms with Gasteiger partial charge in [-0.05, 0) is 41.8 Å². The van der Waals surface area contributed by atoms with Crippen LogP contribution in [0.25, 0.3) is 0 Å². The van der Waals surface area contributed by atoms with Crippen molar-refractivity contribution in [2.45, 2.75) is 31.2 Å². The van der Waals surface area contributed by atoms with Crippen molar-refractivity contribution in [1.29, 1.82) is 0 Å². The molecule has 1 amide bonds. The zero-order chi connectivity index (χ0) is 24.1. The maximum absolute atomic E-state index is 13.4. The van der Waals surface area contributed by atoms with Gasteiger partial charge in [-0.15, -0.1) is 0 Å². The fourth-order valence-corrected chi connectivity index (χ4v) is 5.57. The third-order valence-corrected chi connectivity index (χ3v) is 7.51. The van der Waals surface area contributed by atoms with Crippen molar-refractivity contribution in [2.24, 2.45) is 0 Å². The summed E-state index contributed by atoms with van der Waals surface area (Å²) in [5.74, 6) is 0.566. The minimum Gasteiger partial charge on any atom is -0.497 e. The molecule has 4 rings (SSSR count). The number of carbonyl (C=O) groups is 1. The van der Waals surface area contributed by atoms with Crippen LogP contribution < -0.4 is 19.1 Å². The van der Waals surface area contributed by atoms with Gasteiger partial charge in [-0.3, -0.25) is 9.10 Å². The predicted molar refractivity (Wildman–Crippen MR) is 131 cm³/mol. The molecule has 178 valence electrons. The van der Waals surface area contributed by atoms with E-state index in [1.807, 2.05) is 37.3 Å². The standard InChI is InChI=1S/C26H28N2O5S/c1-3-22(20-13-15-21(32-2)16-14-20)27-26(29)25-17-28(23-11-7-8-12-24(23)33-25)34(30,31)18-19-9-5-4-6-10-19/h4-16,22,25H,3,17-18H2,1-2H3,(H,27,29). The quantitative estimate of drug-likeness (QED) is 0.526. The summed E-state index contributed by atoms with van der Waals surface area (Å²) in [6, 6.07) is 23.1. The number of benzene rings is 3. The Hall–Kier alpha value is -3.52. The van der Waals surface area contributed by atoms with Gasteiger partial charge in [-0.1, -0.05) is 61.5 Å². The SMILES string of the molecule is CCC(NC(=O)C1CN(S(=O)(=O)Cc2ccccc2)c2ccccc2O1)c1ccc(OC)cc1. The molecule has 1 aliphatic rings. The molecule has 0 saturated heterocycles. The van der Waals surface area contributed by atoms with Crippen LogP contribution in [0.5, 0.6) is 11.5 Å². The number of hydrogen-bond donors (Lipinski definition) is 1. The number of sulfonamides is 1. The monoisotopic (exact) mass is 480 g/mol. The first-order chi connectivity index (χ1) is 16.4. The highest BCUT2D eigenvalue weighted by Crippen LogP contribution is 2.36.